The Labute approximate surface area is 212 Å². The summed E-state index contributed by atoms with van der Waals surface area (Å²) in [6.07, 6.45) is 5.89. The minimum Gasteiger partial charge on any atom is -0.496 e. The van der Waals surface area contributed by atoms with Crippen LogP contribution in [0.25, 0.3) is 22.3 Å². The lowest BCUT2D eigenvalue weighted by Gasteiger charge is -2.44. The van der Waals surface area contributed by atoms with Crippen molar-refractivity contribution in [1.82, 2.24) is 30.1 Å². The second-order valence-corrected chi connectivity index (χ2v) is 10.2. The summed E-state index contributed by atoms with van der Waals surface area (Å²) in [7, 11) is 1.64. The summed E-state index contributed by atoms with van der Waals surface area (Å²) in [5.74, 6) is 1.80. The number of H-pyrrole nitrogens is 1. The Hall–Kier alpha value is -4.21. The third kappa shape index (κ3) is 3.66. The van der Waals surface area contributed by atoms with Crippen LogP contribution in [0, 0.1) is 0 Å². The lowest BCUT2D eigenvalue weighted by Crippen LogP contribution is -2.52. The van der Waals surface area contributed by atoms with Crippen LogP contribution in [0.4, 0.5) is 0 Å². The molecule has 2 fully saturated rings. The van der Waals surface area contributed by atoms with Crippen molar-refractivity contribution in [2.24, 2.45) is 0 Å². The number of aromatic nitrogens is 5. The van der Waals surface area contributed by atoms with Crippen LogP contribution in [-0.2, 0) is 0 Å². The topological polar surface area (TPSA) is 115 Å². The van der Waals surface area contributed by atoms with E-state index in [-0.39, 0.29) is 18.1 Å². The van der Waals surface area contributed by atoms with Gasteiger partial charge in [0.1, 0.15) is 17.1 Å². The van der Waals surface area contributed by atoms with Gasteiger partial charge < -0.3 is 18.9 Å². The minimum absolute atomic E-state index is 0.0218. The predicted octanol–water partition coefficient (Wildman–Crippen LogP) is 3.81. The quantitative estimate of drug-likeness (QED) is 0.455. The van der Waals surface area contributed by atoms with E-state index in [0.29, 0.717) is 60.4 Å². The molecule has 2 aromatic carbocycles. The number of likely N-dealkylation sites (tertiary alicyclic amines) is 1. The number of ketones is 1. The van der Waals surface area contributed by atoms with E-state index < -0.39 is 5.60 Å². The molecule has 4 aromatic rings. The first-order chi connectivity index (χ1) is 18.0. The molecule has 0 radical (unpaired) electrons. The van der Waals surface area contributed by atoms with Crippen LogP contribution in [0.2, 0.25) is 0 Å². The van der Waals surface area contributed by atoms with Crippen molar-refractivity contribution >= 4 is 22.6 Å². The zero-order valence-corrected chi connectivity index (χ0v) is 20.4. The molecule has 1 aliphatic carbocycles. The largest absolute Gasteiger partial charge is 0.496 e. The number of carbonyl (C=O) groups excluding carboxylic acids is 2. The van der Waals surface area contributed by atoms with Crippen molar-refractivity contribution in [2.75, 3.05) is 20.2 Å². The van der Waals surface area contributed by atoms with E-state index in [1.807, 2.05) is 23.1 Å². The second-order valence-electron chi connectivity index (χ2n) is 10.2. The number of tetrazole rings is 1. The van der Waals surface area contributed by atoms with Crippen LogP contribution in [0.15, 0.2) is 42.6 Å². The summed E-state index contributed by atoms with van der Waals surface area (Å²) < 4.78 is 14.3. The number of carbonyl (C=O) groups is 2. The number of hydrogen-bond donors (Lipinski definition) is 1. The highest BCUT2D eigenvalue weighted by molar-refractivity contribution is 6.02. The van der Waals surface area contributed by atoms with Crippen molar-refractivity contribution in [3.63, 3.8) is 0 Å². The van der Waals surface area contributed by atoms with Crippen molar-refractivity contribution < 1.29 is 19.1 Å². The molecule has 188 valence electrons. The van der Waals surface area contributed by atoms with Crippen molar-refractivity contribution in [3.8, 4) is 22.9 Å². The van der Waals surface area contributed by atoms with Gasteiger partial charge in [-0.05, 0) is 59.7 Å². The van der Waals surface area contributed by atoms with Gasteiger partial charge in [-0.3, -0.25) is 9.59 Å². The Morgan fingerprint density at radius 3 is 2.73 bits per heavy atom. The van der Waals surface area contributed by atoms with Gasteiger partial charge >= 0.3 is 0 Å². The average Bonchev–Trinajstić information content (AvgIpc) is 3.43. The molecule has 37 heavy (non-hydrogen) atoms. The van der Waals surface area contributed by atoms with Gasteiger partial charge in [-0.25, -0.2) is 5.10 Å². The van der Waals surface area contributed by atoms with Crippen molar-refractivity contribution in [3.05, 3.63) is 53.7 Å². The average molecular weight is 499 g/mol. The summed E-state index contributed by atoms with van der Waals surface area (Å²) in [6, 6.07) is 11.8. The lowest BCUT2D eigenvalue weighted by atomic mass is 9.82. The Morgan fingerprint density at radius 2 is 2.00 bits per heavy atom. The predicted molar refractivity (Wildman–Crippen MR) is 134 cm³/mol. The number of aromatic amines is 1. The first-order valence-corrected chi connectivity index (χ1v) is 12.6. The normalized spacial score (nSPS) is 18.6. The van der Waals surface area contributed by atoms with Crippen LogP contribution < -0.4 is 9.47 Å². The molecular weight excluding hydrogens is 472 g/mol. The number of nitrogens with zero attached hydrogens (tertiary/aromatic N) is 5. The SMILES string of the molecule is COc1cc(C(=O)N2CCC3(CC2)CC(=O)c2cc(-c4nnn[nH]4)ccc2O3)cc2c1ccn2C1CC1. The maximum atomic E-state index is 13.5. The maximum absolute atomic E-state index is 13.5. The number of nitrogens with one attached hydrogen (secondary N) is 1. The highest BCUT2D eigenvalue weighted by atomic mass is 16.5. The molecule has 1 amide bonds. The molecule has 1 spiro atoms. The highest BCUT2D eigenvalue weighted by Crippen LogP contribution is 2.42. The van der Waals surface area contributed by atoms with E-state index in [1.165, 1.54) is 12.8 Å². The molecule has 0 atom stereocenters. The van der Waals surface area contributed by atoms with Crippen LogP contribution in [0.3, 0.4) is 0 Å². The standard InChI is InChI=1S/C27H26N6O4/c1-36-24-14-17(13-21-19(24)6-9-33(21)18-3-4-18)26(35)32-10-7-27(8-11-32)15-22(34)20-12-16(2-5-23(20)37-27)25-28-30-31-29-25/h2,5-6,9,12-14,18H,3-4,7-8,10-11,15H2,1H3,(H,28,29,30,31). The number of benzene rings is 2. The number of fused-ring (bicyclic) bond motifs is 2. The van der Waals surface area contributed by atoms with Crippen LogP contribution in [0.1, 0.15) is 58.9 Å². The van der Waals surface area contributed by atoms with Gasteiger partial charge in [-0.1, -0.05) is 0 Å². The monoisotopic (exact) mass is 498 g/mol. The molecule has 10 nitrogen and oxygen atoms in total. The van der Waals surface area contributed by atoms with E-state index in [4.69, 9.17) is 9.47 Å². The zero-order valence-electron chi connectivity index (χ0n) is 20.4. The van der Waals surface area contributed by atoms with Crippen LogP contribution in [0.5, 0.6) is 11.5 Å². The molecular formula is C27H26N6O4. The number of hydrogen-bond acceptors (Lipinski definition) is 7. The Morgan fingerprint density at radius 1 is 1.16 bits per heavy atom. The summed E-state index contributed by atoms with van der Waals surface area (Å²) in [5.41, 5.74) is 2.34. The Balaban J connectivity index is 1.10. The minimum atomic E-state index is -0.599. The fourth-order valence-electron chi connectivity index (χ4n) is 5.69. The summed E-state index contributed by atoms with van der Waals surface area (Å²) in [6.45, 7) is 1.04. The third-order valence-corrected chi connectivity index (χ3v) is 7.88. The number of rotatable bonds is 4. The van der Waals surface area contributed by atoms with Crippen molar-refractivity contribution in [2.45, 2.75) is 43.7 Å². The summed E-state index contributed by atoms with van der Waals surface area (Å²) in [4.78, 5) is 28.5. The van der Waals surface area contributed by atoms with Crippen LogP contribution in [-0.4, -0.2) is 67.6 Å². The van der Waals surface area contributed by atoms with Gasteiger partial charge in [0.05, 0.1) is 24.6 Å². The van der Waals surface area contributed by atoms with Crippen molar-refractivity contribution in [1.29, 1.82) is 0 Å². The van der Waals surface area contributed by atoms with E-state index >= 15 is 0 Å². The number of piperidine rings is 1. The number of methoxy groups -OCH3 is 1. The molecule has 0 bridgehead atoms. The van der Waals surface area contributed by atoms with E-state index in [1.54, 1.807) is 19.2 Å². The van der Waals surface area contributed by atoms with Gasteiger partial charge in [0, 0.05) is 54.7 Å². The molecule has 7 rings (SSSR count). The number of amides is 1. The number of ether oxygens (including phenoxy) is 2. The smallest absolute Gasteiger partial charge is 0.254 e. The lowest BCUT2D eigenvalue weighted by molar-refractivity contribution is -0.00570. The second kappa shape index (κ2) is 8.16. The molecule has 1 N–H and O–H groups in total. The fourth-order valence-corrected chi connectivity index (χ4v) is 5.69. The van der Waals surface area contributed by atoms with Gasteiger partial charge in [0.25, 0.3) is 5.91 Å². The van der Waals surface area contributed by atoms with Crippen LogP contribution >= 0.6 is 0 Å². The molecule has 2 aromatic heterocycles. The van der Waals surface area contributed by atoms with Gasteiger partial charge in [-0.2, -0.15) is 0 Å². The number of Topliss-reactive ketones (excluding diaryl/α,β-unsaturated/α-hetero) is 1. The molecule has 1 saturated heterocycles. The Bertz CT molecular complexity index is 1530. The first-order valence-electron chi connectivity index (χ1n) is 12.6. The summed E-state index contributed by atoms with van der Waals surface area (Å²) in [5, 5.41) is 14.9. The van der Waals surface area contributed by atoms with E-state index in [9.17, 15) is 9.59 Å². The van der Waals surface area contributed by atoms with E-state index in [2.05, 4.69) is 37.5 Å². The van der Waals surface area contributed by atoms with Gasteiger partial charge in [-0.15, -0.1) is 5.10 Å². The fraction of sp³-hybridized carbons (Fsp3) is 0.370. The molecule has 3 aliphatic rings. The molecule has 2 aliphatic heterocycles. The van der Waals surface area contributed by atoms with E-state index in [0.717, 1.165) is 16.5 Å². The van der Waals surface area contributed by atoms with Gasteiger partial charge in [0.2, 0.25) is 0 Å². The molecule has 0 unspecified atom stereocenters. The third-order valence-electron chi connectivity index (χ3n) is 7.88. The summed E-state index contributed by atoms with van der Waals surface area (Å²) >= 11 is 0. The molecule has 10 heteroatoms. The Kier molecular flexibility index (Phi) is 4.85. The van der Waals surface area contributed by atoms with Gasteiger partial charge in [0.15, 0.2) is 11.6 Å². The molecule has 1 saturated carbocycles. The highest BCUT2D eigenvalue weighted by Gasteiger charge is 2.44. The molecule has 4 heterocycles. The maximum Gasteiger partial charge on any atom is 0.254 e. The first kappa shape index (κ1) is 22.0. The zero-order chi connectivity index (χ0) is 25.1.